The average molecular weight is 243 g/mol. The molecule has 0 aromatic carbocycles. The van der Waals surface area contributed by atoms with Gasteiger partial charge in [-0.2, -0.15) is 0 Å². The first-order valence-corrected chi connectivity index (χ1v) is 6.94. The standard InChI is InChI=1S/C14H26FNO/c1-14(2,3)11-4-7-16(8-5-11)13-6-9-17-10-12(13)15/h11-13H,4-10H2,1-3H3/t12-,13+/m1/s1. The molecule has 2 heterocycles. The van der Waals surface area contributed by atoms with Crippen LogP contribution < -0.4 is 0 Å². The SMILES string of the molecule is CC(C)(C)C1CCN([C@H]2CCOC[C@H]2F)CC1. The van der Waals surface area contributed by atoms with Gasteiger partial charge in [-0.05, 0) is 43.7 Å². The number of hydrogen-bond acceptors (Lipinski definition) is 2. The lowest BCUT2D eigenvalue weighted by atomic mass is 9.75. The van der Waals surface area contributed by atoms with E-state index in [4.69, 9.17) is 4.74 Å². The Hall–Kier alpha value is -0.150. The molecule has 3 heteroatoms. The second kappa shape index (κ2) is 5.23. The van der Waals surface area contributed by atoms with E-state index in [9.17, 15) is 4.39 Å². The Morgan fingerprint density at radius 1 is 1.12 bits per heavy atom. The largest absolute Gasteiger partial charge is 0.378 e. The van der Waals surface area contributed by atoms with E-state index in [1.165, 1.54) is 12.8 Å². The Bertz CT molecular complexity index is 243. The minimum atomic E-state index is -0.782. The molecular weight excluding hydrogens is 217 g/mol. The molecule has 0 radical (unpaired) electrons. The highest BCUT2D eigenvalue weighted by Crippen LogP contribution is 2.35. The zero-order valence-corrected chi connectivity index (χ0v) is 11.4. The number of piperidine rings is 1. The number of alkyl halides is 1. The van der Waals surface area contributed by atoms with Crippen molar-refractivity contribution >= 4 is 0 Å². The number of halogens is 1. The Morgan fingerprint density at radius 3 is 2.29 bits per heavy atom. The molecular formula is C14H26FNO. The third kappa shape index (κ3) is 3.19. The summed E-state index contributed by atoms with van der Waals surface area (Å²) in [4.78, 5) is 2.36. The Kier molecular flexibility index (Phi) is 4.09. The number of nitrogens with zero attached hydrogens (tertiary/aromatic N) is 1. The lowest BCUT2D eigenvalue weighted by Crippen LogP contribution is -2.51. The number of ether oxygens (including phenoxy) is 1. The van der Waals surface area contributed by atoms with Crippen molar-refractivity contribution in [3.05, 3.63) is 0 Å². The highest BCUT2D eigenvalue weighted by atomic mass is 19.1. The van der Waals surface area contributed by atoms with E-state index >= 15 is 0 Å². The van der Waals surface area contributed by atoms with Gasteiger partial charge in [0.1, 0.15) is 6.17 Å². The maximum absolute atomic E-state index is 13.8. The van der Waals surface area contributed by atoms with Crippen LogP contribution in [0.5, 0.6) is 0 Å². The fraction of sp³-hybridized carbons (Fsp3) is 1.00. The Labute approximate surface area is 105 Å². The summed E-state index contributed by atoms with van der Waals surface area (Å²) in [6.45, 7) is 10.1. The average Bonchev–Trinajstić information content (AvgIpc) is 2.29. The number of likely N-dealkylation sites (tertiary alicyclic amines) is 1. The first-order chi connectivity index (χ1) is 7.98. The smallest absolute Gasteiger partial charge is 0.139 e. The van der Waals surface area contributed by atoms with Crippen LogP contribution in [0.3, 0.4) is 0 Å². The van der Waals surface area contributed by atoms with Crippen molar-refractivity contribution in [3.8, 4) is 0 Å². The summed E-state index contributed by atoms with van der Waals surface area (Å²) >= 11 is 0. The molecule has 100 valence electrons. The monoisotopic (exact) mass is 243 g/mol. The van der Waals surface area contributed by atoms with Crippen LogP contribution in [0.1, 0.15) is 40.0 Å². The topological polar surface area (TPSA) is 12.5 Å². The van der Waals surface area contributed by atoms with Gasteiger partial charge in [0.05, 0.1) is 6.61 Å². The van der Waals surface area contributed by atoms with Crippen LogP contribution in [0, 0.1) is 11.3 Å². The maximum atomic E-state index is 13.8. The maximum Gasteiger partial charge on any atom is 0.139 e. The van der Waals surface area contributed by atoms with Gasteiger partial charge in [-0.1, -0.05) is 20.8 Å². The lowest BCUT2D eigenvalue weighted by Gasteiger charge is -2.43. The molecule has 0 aromatic rings. The molecule has 2 nitrogen and oxygen atoms in total. The van der Waals surface area contributed by atoms with Crippen molar-refractivity contribution in [2.75, 3.05) is 26.3 Å². The molecule has 2 aliphatic heterocycles. The van der Waals surface area contributed by atoms with Crippen LogP contribution in [-0.4, -0.2) is 43.4 Å². The van der Waals surface area contributed by atoms with Gasteiger partial charge in [0, 0.05) is 12.6 Å². The molecule has 0 saturated carbocycles. The molecule has 2 atom stereocenters. The van der Waals surface area contributed by atoms with Crippen molar-refractivity contribution in [1.82, 2.24) is 4.90 Å². The molecule has 0 aliphatic carbocycles. The van der Waals surface area contributed by atoms with Crippen molar-refractivity contribution < 1.29 is 9.13 Å². The highest BCUT2D eigenvalue weighted by molar-refractivity contribution is 4.87. The second-order valence-electron chi connectivity index (χ2n) is 6.62. The molecule has 0 spiro atoms. The second-order valence-corrected chi connectivity index (χ2v) is 6.62. The molecule has 0 unspecified atom stereocenters. The Balaban J connectivity index is 1.86. The van der Waals surface area contributed by atoms with Crippen LogP contribution in [-0.2, 0) is 4.74 Å². The zero-order chi connectivity index (χ0) is 12.5. The summed E-state index contributed by atoms with van der Waals surface area (Å²) in [6, 6.07) is 0.115. The van der Waals surface area contributed by atoms with Crippen LogP contribution >= 0.6 is 0 Å². The van der Waals surface area contributed by atoms with Gasteiger partial charge in [-0.25, -0.2) is 4.39 Å². The van der Waals surface area contributed by atoms with Crippen LogP contribution in [0.15, 0.2) is 0 Å². The van der Waals surface area contributed by atoms with Gasteiger partial charge in [-0.15, -0.1) is 0 Å². The minimum absolute atomic E-state index is 0.115. The van der Waals surface area contributed by atoms with Gasteiger partial charge in [0.15, 0.2) is 0 Å². The highest BCUT2D eigenvalue weighted by Gasteiger charge is 2.35. The molecule has 2 rings (SSSR count). The molecule has 2 aliphatic rings. The van der Waals surface area contributed by atoms with Gasteiger partial charge in [0.2, 0.25) is 0 Å². The summed E-state index contributed by atoms with van der Waals surface area (Å²) in [5, 5.41) is 0. The first-order valence-electron chi connectivity index (χ1n) is 6.94. The molecule has 2 fully saturated rings. The lowest BCUT2D eigenvalue weighted by molar-refractivity contribution is -0.0414. The molecule has 0 N–H and O–H groups in total. The Morgan fingerprint density at radius 2 is 1.76 bits per heavy atom. The van der Waals surface area contributed by atoms with Crippen molar-refractivity contribution in [2.24, 2.45) is 11.3 Å². The normalized spacial score (nSPS) is 33.9. The molecule has 0 amide bonds. The van der Waals surface area contributed by atoms with E-state index in [0.717, 1.165) is 32.0 Å². The fourth-order valence-electron chi connectivity index (χ4n) is 3.20. The summed E-state index contributed by atoms with van der Waals surface area (Å²) < 4.78 is 19.0. The summed E-state index contributed by atoms with van der Waals surface area (Å²) in [6.07, 6.45) is 2.51. The third-order valence-electron chi connectivity index (χ3n) is 4.48. The fourth-order valence-corrected chi connectivity index (χ4v) is 3.20. The summed E-state index contributed by atoms with van der Waals surface area (Å²) in [7, 11) is 0. The predicted octanol–water partition coefficient (Wildman–Crippen LogP) is 2.87. The van der Waals surface area contributed by atoms with Crippen LogP contribution in [0.25, 0.3) is 0 Å². The zero-order valence-electron chi connectivity index (χ0n) is 11.4. The molecule has 0 aromatic heterocycles. The third-order valence-corrected chi connectivity index (χ3v) is 4.48. The van der Waals surface area contributed by atoms with Gasteiger partial charge < -0.3 is 4.74 Å². The van der Waals surface area contributed by atoms with E-state index < -0.39 is 6.17 Å². The molecule has 2 saturated heterocycles. The van der Waals surface area contributed by atoms with E-state index in [1.54, 1.807) is 0 Å². The van der Waals surface area contributed by atoms with Crippen molar-refractivity contribution in [2.45, 2.75) is 52.2 Å². The van der Waals surface area contributed by atoms with E-state index in [0.29, 0.717) is 12.0 Å². The summed E-state index contributed by atoms with van der Waals surface area (Å²) in [5.74, 6) is 0.789. The van der Waals surface area contributed by atoms with Gasteiger partial charge in [-0.3, -0.25) is 4.90 Å². The number of rotatable bonds is 1. The quantitative estimate of drug-likeness (QED) is 0.702. The van der Waals surface area contributed by atoms with Crippen LogP contribution in [0.2, 0.25) is 0 Å². The van der Waals surface area contributed by atoms with E-state index in [1.807, 2.05) is 0 Å². The van der Waals surface area contributed by atoms with E-state index in [-0.39, 0.29) is 6.04 Å². The van der Waals surface area contributed by atoms with Crippen LogP contribution in [0.4, 0.5) is 4.39 Å². The summed E-state index contributed by atoms with van der Waals surface area (Å²) in [5.41, 5.74) is 0.400. The number of hydrogen-bond donors (Lipinski definition) is 0. The van der Waals surface area contributed by atoms with Crippen molar-refractivity contribution in [3.63, 3.8) is 0 Å². The van der Waals surface area contributed by atoms with Gasteiger partial charge in [0.25, 0.3) is 0 Å². The molecule has 0 bridgehead atoms. The minimum Gasteiger partial charge on any atom is -0.378 e. The van der Waals surface area contributed by atoms with Gasteiger partial charge >= 0.3 is 0 Å². The van der Waals surface area contributed by atoms with E-state index in [2.05, 4.69) is 25.7 Å². The predicted molar refractivity (Wildman–Crippen MR) is 67.9 cm³/mol. The molecule has 17 heavy (non-hydrogen) atoms. The first kappa shape index (κ1) is 13.3. The van der Waals surface area contributed by atoms with Crippen molar-refractivity contribution in [1.29, 1.82) is 0 Å².